The monoisotopic (exact) mass is 586 g/mol. The lowest BCUT2D eigenvalue weighted by molar-refractivity contribution is -0.132. The average Bonchev–Trinajstić information content (AvgIpc) is 2.96. The highest BCUT2D eigenvalue weighted by Gasteiger charge is 2.41. The van der Waals surface area contributed by atoms with Crippen molar-refractivity contribution < 1.29 is 23.8 Å². The Morgan fingerprint density at radius 1 is 1.21 bits per heavy atom. The molecule has 1 aromatic heterocycles. The lowest BCUT2D eigenvalue weighted by atomic mass is 9.73. The van der Waals surface area contributed by atoms with E-state index in [2.05, 4.69) is 34.3 Å². The van der Waals surface area contributed by atoms with Gasteiger partial charge in [0, 0.05) is 31.4 Å². The Morgan fingerprint density at radius 2 is 1.98 bits per heavy atom. The third-order valence-electron chi connectivity index (χ3n) is 8.50. The van der Waals surface area contributed by atoms with Crippen LogP contribution in [0.5, 0.6) is 5.75 Å². The largest absolute Gasteiger partial charge is 0.488 e. The van der Waals surface area contributed by atoms with Crippen molar-refractivity contribution in [1.82, 2.24) is 9.88 Å². The number of carbonyl (C=O) groups is 1. The van der Waals surface area contributed by atoms with E-state index in [1.807, 2.05) is 37.3 Å². The fourth-order valence-electron chi connectivity index (χ4n) is 6.32. The maximum absolute atomic E-state index is 14.0. The molecule has 0 radical (unpaired) electrons. The van der Waals surface area contributed by atoms with Gasteiger partial charge in [0.05, 0.1) is 12.8 Å². The van der Waals surface area contributed by atoms with Crippen LogP contribution in [0.1, 0.15) is 47.6 Å². The summed E-state index contributed by atoms with van der Waals surface area (Å²) in [6.07, 6.45) is 3.04. The van der Waals surface area contributed by atoms with Crippen molar-refractivity contribution in [3.8, 4) is 17.0 Å². The van der Waals surface area contributed by atoms with Crippen molar-refractivity contribution in [3.63, 3.8) is 0 Å². The van der Waals surface area contributed by atoms with Gasteiger partial charge in [-0.15, -0.1) is 0 Å². The molecule has 3 aromatic rings. The molecule has 1 aliphatic carbocycles. The van der Waals surface area contributed by atoms with Crippen LogP contribution in [-0.2, 0) is 29.1 Å². The smallest absolute Gasteiger partial charge is 0.342 e. The fourth-order valence-corrected chi connectivity index (χ4v) is 6.32. The summed E-state index contributed by atoms with van der Waals surface area (Å²) in [5, 5.41) is 19.7. The van der Waals surface area contributed by atoms with Gasteiger partial charge in [-0.1, -0.05) is 30.3 Å². The zero-order valence-electron chi connectivity index (χ0n) is 25.2. The number of halogens is 1. The van der Waals surface area contributed by atoms with Crippen LogP contribution >= 0.6 is 0 Å². The molecule has 8 nitrogen and oxygen atoms in total. The number of benzene rings is 2. The van der Waals surface area contributed by atoms with Crippen molar-refractivity contribution in [2.45, 2.75) is 58.9 Å². The Bertz CT molecular complexity index is 1560. The molecule has 0 bridgehead atoms. The number of aromatic nitrogens is 1. The Hall–Kier alpha value is -4.24. The second-order valence-corrected chi connectivity index (χ2v) is 11.8. The number of anilines is 1. The number of nitrogens with zero attached hydrogens (tertiary/aromatic N) is 2. The second kappa shape index (κ2) is 12.6. The Labute approximate surface area is 252 Å². The molecule has 0 atom stereocenters. The van der Waals surface area contributed by atoms with Gasteiger partial charge in [0.15, 0.2) is 0 Å². The summed E-state index contributed by atoms with van der Waals surface area (Å²) < 4.78 is 25.6. The van der Waals surface area contributed by atoms with Crippen molar-refractivity contribution in [1.29, 1.82) is 5.41 Å². The van der Waals surface area contributed by atoms with Crippen molar-refractivity contribution in [2.75, 3.05) is 25.5 Å². The van der Waals surface area contributed by atoms with Crippen LogP contribution in [0.15, 0.2) is 60.0 Å². The first-order chi connectivity index (χ1) is 20.6. The number of nitrogens with one attached hydrogen (secondary N) is 2. The molecule has 226 valence electrons. The van der Waals surface area contributed by atoms with Crippen LogP contribution in [0.4, 0.5) is 10.2 Å². The number of aryl methyl sites for hydroxylation is 1. The molecule has 1 aliphatic heterocycles. The van der Waals surface area contributed by atoms with Gasteiger partial charge in [-0.2, -0.15) is 0 Å². The molecule has 2 aromatic carbocycles. The quantitative estimate of drug-likeness (QED) is 0.135. The van der Waals surface area contributed by atoms with E-state index in [0.717, 1.165) is 54.7 Å². The van der Waals surface area contributed by atoms with Crippen LogP contribution < -0.4 is 10.1 Å². The highest BCUT2D eigenvalue weighted by molar-refractivity contribution is 6.08. The van der Waals surface area contributed by atoms with E-state index < -0.39 is 11.6 Å². The summed E-state index contributed by atoms with van der Waals surface area (Å²) in [6.45, 7) is 9.15. The zero-order valence-corrected chi connectivity index (χ0v) is 25.2. The minimum absolute atomic E-state index is 0.0790. The molecule has 1 fully saturated rings. The van der Waals surface area contributed by atoms with Crippen molar-refractivity contribution in [2.24, 2.45) is 5.92 Å². The number of para-hydroxylation sites is 1. The van der Waals surface area contributed by atoms with Crippen molar-refractivity contribution in [3.05, 3.63) is 87.8 Å². The predicted octanol–water partition coefficient (Wildman–Crippen LogP) is 6.44. The number of carboxylic acid groups (broad SMARTS) is 1. The summed E-state index contributed by atoms with van der Waals surface area (Å²) in [6, 6.07) is 15.6. The van der Waals surface area contributed by atoms with Gasteiger partial charge < -0.3 is 25.3 Å². The van der Waals surface area contributed by atoms with E-state index in [-0.39, 0.29) is 11.5 Å². The molecule has 0 spiro atoms. The highest BCUT2D eigenvalue weighted by Crippen LogP contribution is 2.41. The molecule has 5 rings (SSSR count). The summed E-state index contributed by atoms with van der Waals surface area (Å²) in [5.41, 5.74) is 6.27. The van der Waals surface area contributed by atoms with Gasteiger partial charge in [-0.05, 0) is 92.0 Å². The Kier molecular flexibility index (Phi) is 8.82. The third-order valence-corrected chi connectivity index (χ3v) is 8.50. The molecule has 2 heterocycles. The number of fused-ring (bicyclic) bond motifs is 1. The number of aliphatic carboxylic acids is 1. The number of hydrogen-bond acceptors (Lipinski definition) is 7. The molecule has 43 heavy (non-hydrogen) atoms. The van der Waals surface area contributed by atoms with Crippen LogP contribution in [0.3, 0.4) is 0 Å². The van der Waals surface area contributed by atoms with Crippen LogP contribution in [0.2, 0.25) is 0 Å². The highest BCUT2D eigenvalue weighted by atomic mass is 19.1. The predicted molar refractivity (Wildman–Crippen MR) is 165 cm³/mol. The first-order valence-corrected chi connectivity index (χ1v) is 14.6. The standard InChI is InChI=1S/C34H39FN4O4/c1-21-7-5-8-27(29-9-6-10-30(37-29)38-32(42-4)28(17-36)33(40)41)31(21)43-20-25-12-11-24-19-39(14-13-26(24)22(25)2)18-23-15-34(3,35)16-23/h5-12,17,23,36H,13-16,18-20H2,1-4H3,(H,37,38)(H,40,41)/b32-28-,36-17?. The summed E-state index contributed by atoms with van der Waals surface area (Å²) in [5.74, 6) is 0.202. The van der Waals surface area contributed by atoms with E-state index >= 15 is 0 Å². The topological polar surface area (TPSA) is 108 Å². The number of hydrogen-bond donors (Lipinski definition) is 3. The molecule has 2 aliphatic rings. The van der Waals surface area contributed by atoms with Gasteiger partial charge in [0.1, 0.15) is 29.4 Å². The van der Waals surface area contributed by atoms with Crippen molar-refractivity contribution >= 4 is 18.0 Å². The number of ether oxygens (including phenoxy) is 2. The molecule has 1 saturated carbocycles. The third kappa shape index (κ3) is 6.72. The molecule has 3 N–H and O–H groups in total. The van der Waals surface area contributed by atoms with Gasteiger partial charge in [0.25, 0.3) is 0 Å². The lowest BCUT2D eigenvalue weighted by Crippen LogP contribution is -2.44. The van der Waals surface area contributed by atoms with Crippen LogP contribution in [-0.4, -0.2) is 53.0 Å². The molecule has 0 saturated heterocycles. The number of alkyl halides is 1. The normalized spacial score (nSPS) is 20.3. The number of methoxy groups -OCH3 is 1. The minimum Gasteiger partial charge on any atom is -0.488 e. The maximum atomic E-state index is 14.0. The van der Waals surface area contributed by atoms with E-state index in [1.54, 1.807) is 13.0 Å². The van der Waals surface area contributed by atoms with Gasteiger partial charge >= 0.3 is 5.97 Å². The van der Waals surface area contributed by atoms with Gasteiger partial charge in [-0.3, -0.25) is 4.90 Å². The van der Waals surface area contributed by atoms with Crippen LogP contribution in [0, 0.1) is 25.2 Å². The van der Waals surface area contributed by atoms with Gasteiger partial charge in [0.2, 0.25) is 5.88 Å². The molecule has 9 heteroatoms. The molecule has 0 unspecified atom stereocenters. The van der Waals surface area contributed by atoms with E-state index in [1.165, 1.54) is 23.8 Å². The minimum atomic E-state index is -1.28. The zero-order chi connectivity index (χ0) is 30.7. The maximum Gasteiger partial charge on any atom is 0.342 e. The first-order valence-electron chi connectivity index (χ1n) is 14.6. The average molecular weight is 587 g/mol. The fraction of sp³-hybridized carbons (Fsp3) is 0.382. The summed E-state index contributed by atoms with van der Waals surface area (Å²) in [4.78, 5) is 18.6. The second-order valence-electron chi connectivity index (χ2n) is 11.8. The summed E-state index contributed by atoms with van der Waals surface area (Å²) >= 11 is 0. The lowest BCUT2D eigenvalue weighted by Gasteiger charge is -2.42. The number of pyridine rings is 1. The molecular formula is C34H39FN4O4. The number of rotatable bonds is 11. The van der Waals surface area contributed by atoms with E-state index in [9.17, 15) is 14.3 Å². The van der Waals surface area contributed by atoms with Crippen LogP contribution in [0.25, 0.3) is 11.3 Å². The first kappa shape index (κ1) is 30.2. The summed E-state index contributed by atoms with van der Waals surface area (Å²) in [7, 11) is 1.33. The van der Waals surface area contributed by atoms with E-state index in [0.29, 0.717) is 36.9 Å². The Balaban J connectivity index is 1.32. The molecule has 0 amide bonds. The van der Waals surface area contributed by atoms with E-state index in [4.69, 9.17) is 14.9 Å². The molecular weight excluding hydrogens is 547 g/mol. The number of carboxylic acids is 1. The van der Waals surface area contributed by atoms with Gasteiger partial charge in [-0.25, -0.2) is 14.2 Å². The Morgan fingerprint density at radius 3 is 2.67 bits per heavy atom. The SMILES string of the molecule is CO/C(Nc1cccc(-c2cccc(C)c2OCc2ccc3c(c2C)CCN(CC2CC(C)(F)C2)C3)n1)=C(/C=N)C(=O)O.